The van der Waals surface area contributed by atoms with Gasteiger partial charge < -0.3 is 5.73 Å². The van der Waals surface area contributed by atoms with Crippen LogP contribution in [0.4, 0.5) is 22.0 Å². The second-order valence-corrected chi connectivity index (χ2v) is 3.62. The molecule has 0 unspecified atom stereocenters. The molecule has 1 rings (SSSR count). The molecule has 0 aliphatic carbocycles. The fourth-order valence-electron chi connectivity index (χ4n) is 1.12. The van der Waals surface area contributed by atoms with Gasteiger partial charge in [-0.3, -0.25) is 0 Å². The Morgan fingerprint density at radius 2 is 1.94 bits per heavy atom. The molecule has 1 heterocycles. The summed E-state index contributed by atoms with van der Waals surface area (Å²) in [5.74, 6) is 0. The van der Waals surface area contributed by atoms with Crippen LogP contribution in [-0.4, -0.2) is 4.98 Å². The van der Waals surface area contributed by atoms with Gasteiger partial charge in [0.2, 0.25) is 0 Å². The highest BCUT2D eigenvalue weighted by molar-refractivity contribution is 9.10. The van der Waals surface area contributed by atoms with Crippen molar-refractivity contribution in [1.82, 2.24) is 4.98 Å². The molecule has 2 N–H and O–H groups in total. The van der Waals surface area contributed by atoms with E-state index in [2.05, 4.69) is 20.9 Å². The van der Waals surface area contributed by atoms with Gasteiger partial charge in [0.05, 0.1) is 5.56 Å². The fourth-order valence-corrected chi connectivity index (χ4v) is 1.74. The lowest BCUT2D eigenvalue weighted by Gasteiger charge is -2.13. The largest absolute Gasteiger partial charge is 0.433 e. The topological polar surface area (TPSA) is 38.9 Å². The van der Waals surface area contributed by atoms with E-state index >= 15 is 0 Å². The first kappa shape index (κ1) is 13.3. The molecule has 0 aliphatic heterocycles. The van der Waals surface area contributed by atoms with Gasteiger partial charge in [0.25, 0.3) is 6.43 Å². The Kier molecular flexibility index (Phi) is 3.84. The number of nitrogens with two attached hydrogens (primary N) is 1. The molecule has 1 aromatic heterocycles. The summed E-state index contributed by atoms with van der Waals surface area (Å²) in [6, 6.07) is 0.534. The van der Waals surface area contributed by atoms with E-state index in [-0.39, 0.29) is 5.56 Å². The second kappa shape index (κ2) is 4.62. The molecule has 0 saturated heterocycles. The van der Waals surface area contributed by atoms with Gasteiger partial charge in [0.15, 0.2) is 0 Å². The van der Waals surface area contributed by atoms with Gasteiger partial charge in [0.1, 0.15) is 10.3 Å². The Morgan fingerprint density at radius 1 is 1.38 bits per heavy atom. The molecule has 90 valence electrons. The minimum atomic E-state index is -4.69. The van der Waals surface area contributed by atoms with Gasteiger partial charge in [0, 0.05) is 6.54 Å². The van der Waals surface area contributed by atoms with Crippen molar-refractivity contribution >= 4 is 15.9 Å². The SMILES string of the molecule is NCc1cc(C(F)(F)F)nc(Br)c1C(F)F. The Balaban J connectivity index is 3.38. The van der Waals surface area contributed by atoms with Crippen molar-refractivity contribution in [2.45, 2.75) is 19.1 Å². The third kappa shape index (κ3) is 2.67. The Hall–Kier alpha value is -0.760. The summed E-state index contributed by atoms with van der Waals surface area (Å²) in [7, 11) is 0. The van der Waals surface area contributed by atoms with E-state index in [9.17, 15) is 22.0 Å². The number of nitrogens with zero attached hydrogens (tertiary/aromatic N) is 1. The van der Waals surface area contributed by atoms with Crippen LogP contribution < -0.4 is 5.73 Å². The minimum absolute atomic E-state index is 0.274. The zero-order chi connectivity index (χ0) is 12.5. The van der Waals surface area contributed by atoms with Gasteiger partial charge in [-0.25, -0.2) is 13.8 Å². The Morgan fingerprint density at radius 3 is 2.31 bits per heavy atom. The highest BCUT2D eigenvalue weighted by atomic mass is 79.9. The van der Waals surface area contributed by atoms with Crippen molar-refractivity contribution < 1.29 is 22.0 Å². The summed E-state index contributed by atoms with van der Waals surface area (Å²) in [6.07, 6.45) is -7.62. The molecule has 16 heavy (non-hydrogen) atoms. The van der Waals surface area contributed by atoms with Gasteiger partial charge in [-0.05, 0) is 27.6 Å². The first-order chi connectivity index (χ1) is 7.27. The number of pyridine rings is 1. The van der Waals surface area contributed by atoms with Crippen LogP contribution in [-0.2, 0) is 12.7 Å². The molecule has 0 aliphatic rings. The average Bonchev–Trinajstić information content (AvgIpc) is 2.14. The van der Waals surface area contributed by atoms with E-state index in [4.69, 9.17) is 5.73 Å². The molecule has 0 radical (unpaired) electrons. The molecule has 0 fully saturated rings. The van der Waals surface area contributed by atoms with E-state index < -0.39 is 35.0 Å². The molecular weight excluding hydrogens is 299 g/mol. The zero-order valence-corrected chi connectivity index (χ0v) is 9.24. The second-order valence-electron chi connectivity index (χ2n) is 2.87. The first-order valence-corrected chi connectivity index (χ1v) is 4.81. The van der Waals surface area contributed by atoms with Crippen LogP contribution in [0.25, 0.3) is 0 Å². The van der Waals surface area contributed by atoms with E-state index in [1.807, 2.05) is 0 Å². The molecule has 0 amide bonds. The molecule has 8 heteroatoms. The fraction of sp³-hybridized carbons (Fsp3) is 0.375. The first-order valence-electron chi connectivity index (χ1n) is 4.02. The van der Waals surface area contributed by atoms with Gasteiger partial charge in [-0.2, -0.15) is 13.2 Å². The maximum atomic E-state index is 12.5. The van der Waals surface area contributed by atoms with Crippen LogP contribution in [0.5, 0.6) is 0 Å². The molecule has 0 aromatic carbocycles. The van der Waals surface area contributed by atoms with Gasteiger partial charge >= 0.3 is 6.18 Å². The van der Waals surface area contributed by atoms with Gasteiger partial charge in [-0.1, -0.05) is 0 Å². The number of hydrogen-bond donors (Lipinski definition) is 1. The Labute approximate surface area is 95.8 Å². The van der Waals surface area contributed by atoms with Crippen LogP contribution in [0.1, 0.15) is 23.2 Å². The summed E-state index contributed by atoms with van der Waals surface area (Å²) in [5.41, 5.74) is 3.00. The van der Waals surface area contributed by atoms with Crippen molar-refractivity contribution in [2.24, 2.45) is 5.73 Å². The summed E-state index contributed by atoms with van der Waals surface area (Å²) < 4.78 is 61.4. The summed E-state index contributed by atoms with van der Waals surface area (Å²) in [5, 5.41) is 0. The summed E-state index contributed by atoms with van der Waals surface area (Å²) in [4.78, 5) is 3.03. The molecule has 0 saturated carbocycles. The van der Waals surface area contributed by atoms with Crippen LogP contribution in [0.3, 0.4) is 0 Å². The maximum Gasteiger partial charge on any atom is 0.433 e. The number of alkyl halides is 5. The van der Waals surface area contributed by atoms with Crippen molar-refractivity contribution in [2.75, 3.05) is 0 Å². The summed E-state index contributed by atoms with van der Waals surface area (Å²) >= 11 is 2.59. The van der Waals surface area contributed by atoms with Gasteiger partial charge in [-0.15, -0.1) is 0 Å². The lowest BCUT2D eigenvalue weighted by Crippen LogP contribution is -2.13. The third-order valence-electron chi connectivity index (χ3n) is 1.83. The van der Waals surface area contributed by atoms with E-state index in [0.29, 0.717) is 6.07 Å². The van der Waals surface area contributed by atoms with Crippen molar-refractivity contribution in [3.63, 3.8) is 0 Å². The average molecular weight is 305 g/mol. The molecule has 2 nitrogen and oxygen atoms in total. The standard InChI is InChI=1S/C8H6BrF5N2/c9-6-5(7(10)11)3(2-15)1-4(16-6)8(12,13)14/h1,7H,2,15H2. The third-order valence-corrected chi connectivity index (χ3v) is 2.43. The van der Waals surface area contributed by atoms with Crippen LogP contribution in [0.15, 0.2) is 10.7 Å². The minimum Gasteiger partial charge on any atom is -0.326 e. The predicted octanol–water partition coefficient (Wildman–Crippen LogP) is 3.26. The quantitative estimate of drug-likeness (QED) is 0.673. The molecule has 0 atom stereocenters. The normalized spacial score (nSPS) is 12.2. The monoisotopic (exact) mass is 304 g/mol. The van der Waals surface area contributed by atoms with Crippen molar-refractivity contribution in [3.8, 4) is 0 Å². The predicted molar refractivity (Wildman–Crippen MR) is 49.8 cm³/mol. The van der Waals surface area contributed by atoms with Crippen molar-refractivity contribution in [1.29, 1.82) is 0 Å². The number of halogens is 6. The zero-order valence-electron chi connectivity index (χ0n) is 7.65. The lowest BCUT2D eigenvalue weighted by atomic mass is 10.1. The van der Waals surface area contributed by atoms with Crippen molar-refractivity contribution in [3.05, 3.63) is 27.5 Å². The number of aromatic nitrogens is 1. The Bertz CT molecular complexity index is 391. The van der Waals surface area contributed by atoms with E-state index in [1.165, 1.54) is 0 Å². The van der Waals surface area contributed by atoms with Crippen LogP contribution in [0, 0.1) is 0 Å². The van der Waals surface area contributed by atoms with E-state index in [0.717, 1.165) is 0 Å². The molecule has 1 aromatic rings. The lowest BCUT2D eigenvalue weighted by molar-refractivity contribution is -0.141. The molecule has 0 spiro atoms. The highest BCUT2D eigenvalue weighted by Crippen LogP contribution is 2.35. The van der Waals surface area contributed by atoms with Crippen LogP contribution >= 0.6 is 15.9 Å². The number of hydrogen-bond acceptors (Lipinski definition) is 2. The smallest absolute Gasteiger partial charge is 0.326 e. The maximum absolute atomic E-state index is 12.5. The highest BCUT2D eigenvalue weighted by Gasteiger charge is 2.34. The molecule has 0 bridgehead atoms. The summed E-state index contributed by atoms with van der Waals surface area (Å²) in [6.45, 7) is -0.413. The van der Waals surface area contributed by atoms with Crippen LogP contribution in [0.2, 0.25) is 0 Å². The molecular formula is C8H6BrF5N2. The van der Waals surface area contributed by atoms with E-state index in [1.54, 1.807) is 0 Å². The number of rotatable bonds is 2.